The van der Waals surface area contributed by atoms with Gasteiger partial charge in [-0.3, -0.25) is 9.42 Å². The average Bonchev–Trinajstić information content (AvgIpc) is 3.06. The number of hydrogen-bond acceptors (Lipinski definition) is 6. The van der Waals surface area contributed by atoms with E-state index in [-0.39, 0.29) is 42.0 Å². The van der Waals surface area contributed by atoms with E-state index in [1.807, 2.05) is 57.2 Å². The molecule has 10 nitrogen and oxygen atoms in total. The zero-order valence-electron chi connectivity index (χ0n) is 24.2. The lowest BCUT2D eigenvalue weighted by atomic mass is 9.94. The lowest BCUT2D eigenvalue weighted by molar-refractivity contribution is -0.106. The molecule has 0 saturated carbocycles. The van der Waals surface area contributed by atoms with Gasteiger partial charge in [0.05, 0.1) is 31.0 Å². The molecular formula is C23H48B2N5O5P. The van der Waals surface area contributed by atoms with Crippen LogP contribution in [0.15, 0.2) is 4.76 Å². The molecule has 0 aromatic rings. The van der Waals surface area contributed by atoms with Crippen LogP contribution in [0.4, 0.5) is 0 Å². The van der Waals surface area contributed by atoms with E-state index in [1.165, 1.54) is 0 Å². The van der Waals surface area contributed by atoms with Gasteiger partial charge in [0.25, 0.3) is 0 Å². The van der Waals surface area contributed by atoms with Gasteiger partial charge in [0.15, 0.2) is 0 Å². The Bertz CT molecular complexity index is 812. The highest BCUT2D eigenvalue weighted by Gasteiger charge is 2.42. The van der Waals surface area contributed by atoms with Gasteiger partial charge in [0.2, 0.25) is 5.96 Å². The quantitative estimate of drug-likeness (QED) is 0.343. The molecule has 0 amide bonds. The van der Waals surface area contributed by atoms with E-state index in [0.29, 0.717) is 25.7 Å². The smallest absolute Gasteiger partial charge is 0.379 e. The number of hydrogen-bond donors (Lipinski definition) is 0. The predicted molar refractivity (Wildman–Crippen MR) is 149 cm³/mol. The van der Waals surface area contributed by atoms with E-state index >= 15 is 0 Å². The van der Waals surface area contributed by atoms with Gasteiger partial charge in [-0.1, -0.05) is 0 Å². The number of likely N-dealkylation sites (N-methyl/N-ethyl adjacent to an activating group) is 2. The molecule has 3 rings (SSSR count). The molecule has 5 atom stereocenters. The van der Waals surface area contributed by atoms with Gasteiger partial charge < -0.3 is 24.0 Å². The summed E-state index contributed by atoms with van der Waals surface area (Å²) in [6, 6.07) is -0.0440. The lowest BCUT2D eigenvalue weighted by Gasteiger charge is -2.44. The molecule has 13 heteroatoms. The van der Waals surface area contributed by atoms with Gasteiger partial charge in [0.1, 0.15) is 15.7 Å². The Balaban J connectivity index is 1.81. The van der Waals surface area contributed by atoms with Crippen LogP contribution >= 0.6 is 7.67 Å². The molecule has 3 heterocycles. The maximum Gasteiger partial charge on any atom is 0.392 e. The van der Waals surface area contributed by atoms with Crippen LogP contribution in [-0.4, -0.2) is 143 Å². The molecule has 3 aliphatic rings. The second kappa shape index (κ2) is 11.6. The Morgan fingerprint density at radius 2 is 1.47 bits per heavy atom. The Kier molecular flexibility index (Phi) is 9.68. The molecule has 0 aromatic heterocycles. The summed E-state index contributed by atoms with van der Waals surface area (Å²) in [6.07, 6.45) is -0.398. The lowest BCUT2D eigenvalue weighted by Crippen LogP contribution is -2.56. The molecule has 0 aliphatic carbocycles. The van der Waals surface area contributed by atoms with Crippen LogP contribution in [0.1, 0.15) is 41.5 Å². The Morgan fingerprint density at radius 1 is 0.917 bits per heavy atom. The van der Waals surface area contributed by atoms with Crippen LogP contribution in [0.2, 0.25) is 0 Å². The number of nitrogens with zero attached hydrogens (tertiary/aromatic N) is 5. The summed E-state index contributed by atoms with van der Waals surface area (Å²) in [5.74, 6) is 0.689. The number of ether oxygens (including phenoxy) is 3. The maximum absolute atomic E-state index is 14.6. The Labute approximate surface area is 220 Å². The fraction of sp³-hybridized carbons (Fsp3) is 0.957. The highest BCUT2D eigenvalue weighted by atomic mass is 31.2. The van der Waals surface area contributed by atoms with Crippen molar-refractivity contribution in [2.24, 2.45) is 4.76 Å². The third kappa shape index (κ3) is 8.19. The minimum atomic E-state index is -3.60. The van der Waals surface area contributed by atoms with Crippen LogP contribution in [0.25, 0.3) is 0 Å². The molecule has 3 aliphatic heterocycles. The van der Waals surface area contributed by atoms with E-state index < -0.39 is 7.67 Å². The van der Waals surface area contributed by atoms with Crippen molar-refractivity contribution in [2.75, 3.05) is 66.6 Å². The third-order valence-corrected chi connectivity index (χ3v) is 8.70. The van der Waals surface area contributed by atoms with Crippen LogP contribution in [-0.2, 0) is 23.3 Å². The average molecular weight is 527 g/mol. The van der Waals surface area contributed by atoms with Crippen molar-refractivity contribution in [3.8, 4) is 0 Å². The zero-order valence-corrected chi connectivity index (χ0v) is 25.1. The summed E-state index contributed by atoms with van der Waals surface area (Å²) in [4.78, 5) is 6.46. The molecule has 0 N–H and O–H groups in total. The van der Waals surface area contributed by atoms with Crippen molar-refractivity contribution in [2.45, 2.75) is 76.9 Å². The molecular weight excluding hydrogens is 479 g/mol. The molecule has 206 valence electrons. The van der Waals surface area contributed by atoms with E-state index in [4.69, 9.17) is 23.5 Å². The second-order valence-corrected chi connectivity index (χ2v) is 14.5. The molecule has 3 fully saturated rings. The van der Waals surface area contributed by atoms with E-state index in [9.17, 15) is 4.57 Å². The van der Waals surface area contributed by atoms with Crippen LogP contribution in [0.3, 0.4) is 0 Å². The first-order valence-corrected chi connectivity index (χ1v) is 14.8. The van der Waals surface area contributed by atoms with Crippen LogP contribution < -0.4 is 0 Å². The molecule has 0 spiro atoms. The van der Waals surface area contributed by atoms with Gasteiger partial charge in [-0.2, -0.15) is 4.76 Å². The van der Waals surface area contributed by atoms with Gasteiger partial charge in [-0.15, -0.1) is 0 Å². The number of rotatable bonds is 7. The summed E-state index contributed by atoms with van der Waals surface area (Å²) in [5.41, 5.74) is -0.256. The number of guanidine groups is 1. The summed E-state index contributed by atoms with van der Waals surface area (Å²) in [5, 5.41) is 0. The highest BCUT2D eigenvalue weighted by molar-refractivity contribution is 7.55. The predicted octanol–water partition coefficient (Wildman–Crippen LogP) is 0.278. The summed E-state index contributed by atoms with van der Waals surface area (Å²) < 4.78 is 45.9. The van der Waals surface area contributed by atoms with Crippen molar-refractivity contribution >= 4 is 29.3 Å². The van der Waals surface area contributed by atoms with Gasteiger partial charge in [-0.05, 0) is 41.5 Å². The van der Waals surface area contributed by atoms with Crippen molar-refractivity contribution in [1.29, 1.82) is 0 Å². The topological polar surface area (TPSA) is 79.3 Å². The van der Waals surface area contributed by atoms with E-state index in [1.54, 1.807) is 0 Å². The fourth-order valence-electron chi connectivity index (χ4n) is 4.76. The number of morpholine rings is 2. The van der Waals surface area contributed by atoms with Crippen molar-refractivity contribution in [3.05, 3.63) is 0 Å². The highest BCUT2D eigenvalue weighted by Crippen LogP contribution is 2.54. The largest absolute Gasteiger partial charge is 0.392 e. The molecule has 0 radical (unpaired) electrons. The van der Waals surface area contributed by atoms with Crippen molar-refractivity contribution in [3.63, 3.8) is 0 Å². The van der Waals surface area contributed by atoms with E-state index in [2.05, 4.69) is 33.5 Å². The maximum atomic E-state index is 14.6. The van der Waals surface area contributed by atoms with Gasteiger partial charge in [-0.25, -0.2) is 9.24 Å². The van der Waals surface area contributed by atoms with Gasteiger partial charge >= 0.3 is 7.67 Å². The normalized spacial score (nSPS) is 31.1. The molecule has 0 bridgehead atoms. The first-order valence-electron chi connectivity index (χ1n) is 13.3. The van der Waals surface area contributed by atoms with Crippen LogP contribution in [0, 0.1) is 0 Å². The fourth-order valence-corrected chi connectivity index (χ4v) is 6.82. The second-order valence-electron chi connectivity index (χ2n) is 12.5. The summed E-state index contributed by atoms with van der Waals surface area (Å²) >= 11 is 0. The SMILES string of the molecule is B[C@H]1CN(C(C)(C)C)CC(CO[P@](=O)(N=C2N(C)CCN2C)N2CC(COC(C)(C)C)O[C@@H](B)C2)O1. The van der Waals surface area contributed by atoms with E-state index in [0.717, 1.165) is 26.2 Å². The Morgan fingerprint density at radius 3 is 2.03 bits per heavy atom. The molecule has 0 aromatic carbocycles. The molecule has 36 heavy (non-hydrogen) atoms. The molecule has 3 saturated heterocycles. The molecule has 2 unspecified atom stereocenters. The minimum absolute atomic E-state index is 0.0232. The first kappa shape index (κ1) is 29.9. The van der Waals surface area contributed by atoms with Gasteiger partial charge in [0, 0.05) is 70.9 Å². The monoisotopic (exact) mass is 527 g/mol. The Hall–Kier alpha value is -0.610. The van der Waals surface area contributed by atoms with Crippen molar-refractivity contribution < 1.29 is 23.3 Å². The van der Waals surface area contributed by atoms with Crippen LogP contribution in [0.5, 0.6) is 0 Å². The minimum Gasteiger partial charge on any atom is -0.379 e. The zero-order chi connectivity index (χ0) is 26.9. The van der Waals surface area contributed by atoms with Crippen molar-refractivity contribution in [1.82, 2.24) is 19.4 Å². The standard InChI is InChI=1S/C23H48B2N5O5P/c1-22(2,3)29-11-17(34-19(24)13-29)16-33-36(31,26-21-27(7)9-10-28(21)8)30-12-18(35-20(25)14-30)15-32-23(4,5)6/h17-20H,9-16,24-25H2,1-8H3/t17?,18?,19-,20-,36-/m1/s1. The summed E-state index contributed by atoms with van der Waals surface area (Å²) in [7, 11) is 4.42. The third-order valence-electron chi connectivity index (χ3n) is 6.74. The first-order chi connectivity index (χ1) is 16.6. The summed E-state index contributed by atoms with van der Waals surface area (Å²) in [6.45, 7) is 17.5.